The molecule has 1 aromatic rings. The lowest BCUT2D eigenvalue weighted by Gasteiger charge is -2.34. The molecule has 0 atom stereocenters. The maximum atomic E-state index is 12.4. The minimum absolute atomic E-state index is 0.00344. The van der Waals surface area contributed by atoms with Gasteiger partial charge in [-0.15, -0.1) is 11.6 Å². The molecule has 1 aliphatic rings. The summed E-state index contributed by atoms with van der Waals surface area (Å²) < 4.78 is 26.2. The van der Waals surface area contributed by atoms with E-state index in [0.717, 1.165) is 5.56 Å². The summed E-state index contributed by atoms with van der Waals surface area (Å²) in [7, 11) is -3.33. The molecule has 1 fully saturated rings. The van der Waals surface area contributed by atoms with Crippen molar-refractivity contribution in [2.75, 3.05) is 32.1 Å². The van der Waals surface area contributed by atoms with Gasteiger partial charge in [-0.25, -0.2) is 8.42 Å². The topological polar surface area (TPSA) is 57.7 Å². The Morgan fingerprint density at radius 3 is 2.29 bits per heavy atom. The van der Waals surface area contributed by atoms with Crippen LogP contribution in [0.4, 0.5) is 0 Å². The van der Waals surface area contributed by atoms with E-state index < -0.39 is 10.0 Å². The fourth-order valence-electron chi connectivity index (χ4n) is 2.33. The van der Waals surface area contributed by atoms with Crippen LogP contribution in [0.15, 0.2) is 30.3 Å². The fourth-order valence-corrected chi connectivity index (χ4v) is 4.01. The summed E-state index contributed by atoms with van der Waals surface area (Å²) in [6.07, 6.45) is 0.304. The first kappa shape index (κ1) is 16.3. The Bertz CT molecular complexity index is 569. The number of sulfonamides is 1. The fraction of sp³-hybridized carbons (Fsp3) is 0.500. The Hall–Kier alpha value is -1.11. The SMILES string of the molecule is O=C(CCCl)N1CCN(S(=O)(=O)Cc2ccccc2)CC1. The third-order valence-corrected chi connectivity index (χ3v) is 5.52. The van der Waals surface area contributed by atoms with E-state index in [9.17, 15) is 13.2 Å². The maximum absolute atomic E-state index is 12.4. The lowest BCUT2D eigenvalue weighted by molar-refractivity contribution is -0.131. The van der Waals surface area contributed by atoms with Crippen LogP contribution in [-0.4, -0.2) is 55.6 Å². The first-order valence-corrected chi connectivity index (χ1v) is 9.03. The highest BCUT2D eigenvalue weighted by Gasteiger charge is 2.28. The zero-order chi connectivity index (χ0) is 15.3. The number of nitrogens with zero attached hydrogens (tertiary/aromatic N) is 2. The van der Waals surface area contributed by atoms with E-state index in [1.54, 1.807) is 17.0 Å². The van der Waals surface area contributed by atoms with Gasteiger partial charge in [0.05, 0.1) is 5.75 Å². The Morgan fingerprint density at radius 2 is 1.71 bits per heavy atom. The number of amides is 1. The average molecular weight is 331 g/mol. The van der Waals surface area contributed by atoms with Crippen molar-refractivity contribution in [3.63, 3.8) is 0 Å². The molecule has 1 saturated heterocycles. The number of piperazine rings is 1. The van der Waals surface area contributed by atoms with Gasteiger partial charge in [-0.2, -0.15) is 4.31 Å². The number of carbonyl (C=O) groups excluding carboxylic acids is 1. The summed E-state index contributed by atoms with van der Waals surface area (Å²) in [6, 6.07) is 9.12. The van der Waals surface area contributed by atoms with Crippen molar-refractivity contribution in [2.24, 2.45) is 0 Å². The highest BCUT2D eigenvalue weighted by atomic mass is 35.5. The minimum Gasteiger partial charge on any atom is -0.340 e. The van der Waals surface area contributed by atoms with Gasteiger partial charge in [-0.3, -0.25) is 4.79 Å². The lowest BCUT2D eigenvalue weighted by atomic mass is 10.2. The molecule has 0 spiro atoms. The first-order valence-electron chi connectivity index (χ1n) is 6.88. The van der Waals surface area contributed by atoms with Crippen LogP contribution in [0.5, 0.6) is 0 Å². The van der Waals surface area contributed by atoms with Crippen molar-refractivity contribution in [3.05, 3.63) is 35.9 Å². The molecule has 1 aliphatic heterocycles. The predicted molar refractivity (Wildman–Crippen MR) is 82.6 cm³/mol. The van der Waals surface area contributed by atoms with Crippen LogP contribution >= 0.6 is 11.6 Å². The highest BCUT2D eigenvalue weighted by Crippen LogP contribution is 2.14. The van der Waals surface area contributed by atoms with Crippen molar-refractivity contribution >= 4 is 27.5 Å². The molecular weight excluding hydrogens is 312 g/mol. The van der Waals surface area contributed by atoms with Crippen LogP contribution in [-0.2, 0) is 20.6 Å². The van der Waals surface area contributed by atoms with Gasteiger partial charge < -0.3 is 4.90 Å². The van der Waals surface area contributed by atoms with Crippen LogP contribution in [0, 0.1) is 0 Å². The molecule has 1 heterocycles. The van der Waals surface area contributed by atoms with Crippen LogP contribution < -0.4 is 0 Å². The summed E-state index contributed by atoms with van der Waals surface area (Å²) in [5.74, 6) is 0.291. The molecule has 1 aromatic carbocycles. The number of rotatable bonds is 5. The number of benzene rings is 1. The predicted octanol–water partition coefficient (Wildman–Crippen LogP) is 1.29. The summed E-state index contributed by atoms with van der Waals surface area (Å²) in [5.41, 5.74) is 0.776. The zero-order valence-corrected chi connectivity index (χ0v) is 13.3. The van der Waals surface area contributed by atoms with Gasteiger partial charge in [0.2, 0.25) is 15.9 Å². The largest absolute Gasteiger partial charge is 0.340 e. The quantitative estimate of drug-likeness (QED) is 0.764. The van der Waals surface area contributed by atoms with Gasteiger partial charge in [-0.05, 0) is 5.56 Å². The van der Waals surface area contributed by atoms with Crippen molar-refractivity contribution in [2.45, 2.75) is 12.2 Å². The molecule has 0 saturated carbocycles. The molecule has 0 aliphatic carbocycles. The maximum Gasteiger partial charge on any atom is 0.223 e. The lowest BCUT2D eigenvalue weighted by Crippen LogP contribution is -2.50. The van der Waals surface area contributed by atoms with Gasteiger partial charge in [-0.1, -0.05) is 30.3 Å². The van der Waals surface area contributed by atoms with Gasteiger partial charge in [0.15, 0.2) is 0 Å². The Balaban J connectivity index is 1.93. The second-order valence-electron chi connectivity index (χ2n) is 4.96. The molecule has 2 rings (SSSR count). The van der Waals surface area contributed by atoms with E-state index in [1.807, 2.05) is 18.2 Å². The molecule has 7 heteroatoms. The molecule has 0 unspecified atom stereocenters. The zero-order valence-electron chi connectivity index (χ0n) is 11.7. The van der Waals surface area contributed by atoms with E-state index in [2.05, 4.69) is 0 Å². The van der Waals surface area contributed by atoms with E-state index in [4.69, 9.17) is 11.6 Å². The molecular formula is C14H19ClN2O3S. The second kappa shape index (κ2) is 7.24. The molecule has 5 nitrogen and oxygen atoms in total. The third-order valence-electron chi connectivity index (χ3n) is 3.48. The molecule has 0 bridgehead atoms. The molecule has 1 amide bonds. The van der Waals surface area contributed by atoms with Crippen molar-refractivity contribution in [1.29, 1.82) is 0 Å². The Morgan fingerprint density at radius 1 is 1.10 bits per heavy atom. The molecule has 21 heavy (non-hydrogen) atoms. The highest BCUT2D eigenvalue weighted by molar-refractivity contribution is 7.88. The van der Waals surface area contributed by atoms with Crippen molar-refractivity contribution in [1.82, 2.24) is 9.21 Å². The monoisotopic (exact) mass is 330 g/mol. The Kier molecular flexibility index (Phi) is 5.61. The van der Waals surface area contributed by atoms with E-state index in [1.165, 1.54) is 4.31 Å². The summed E-state index contributed by atoms with van der Waals surface area (Å²) in [5, 5.41) is 0. The summed E-state index contributed by atoms with van der Waals surface area (Å²) in [4.78, 5) is 13.4. The van der Waals surface area contributed by atoms with Crippen LogP contribution in [0.1, 0.15) is 12.0 Å². The summed E-state index contributed by atoms with van der Waals surface area (Å²) in [6.45, 7) is 1.57. The summed E-state index contributed by atoms with van der Waals surface area (Å²) >= 11 is 5.55. The van der Waals surface area contributed by atoms with Gasteiger partial charge in [0, 0.05) is 38.5 Å². The first-order chi connectivity index (χ1) is 10.0. The molecule has 0 radical (unpaired) electrons. The third kappa shape index (κ3) is 4.43. The number of halogens is 1. The normalized spacial score (nSPS) is 16.9. The minimum atomic E-state index is -3.33. The van der Waals surface area contributed by atoms with E-state index in [-0.39, 0.29) is 11.7 Å². The number of hydrogen-bond acceptors (Lipinski definition) is 3. The smallest absolute Gasteiger partial charge is 0.223 e. The van der Waals surface area contributed by atoms with E-state index >= 15 is 0 Å². The van der Waals surface area contributed by atoms with Gasteiger partial charge >= 0.3 is 0 Å². The van der Waals surface area contributed by atoms with Crippen LogP contribution in [0.25, 0.3) is 0 Å². The molecule has 116 valence electrons. The van der Waals surface area contributed by atoms with Crippen LogP contribution in [0.3, 0.4) is 0 Å². The number of hydrogen-bond donors (Lipinski definition) is 0. The van der Waals surface area contributed by atoms with E-state index in [0.29, 0.717) is 38.5 Å². The second-order valence-corrected chi connectivity index (χ2v) is 7.31. The molecule has 0 aromatic heterocycles. The van der Waals surface area contributed by atoms with Gasteiger partial charge in [0.1, 0.15) is 0 Å². The van der Waals surface area contributed by atoms with Gasteiger partial charge in [0.25, 0.3) is 0 Å². The van der Waals surface area contributed by atoms with Crippen molar-refractivity contribution in [3.8, 4) is 0 Å². The number of alkyl halides is 1. The standard InChI is InChI=1S/C14H19ClN2O3S/c15-7-6-14(18)16-8-10-17(11-9-16)21(19,20)12-13-4-2-1-3-5-13/h1-5H,6-12H2. The van der Waals surface area contributed by atoms with Crippen molar-refractivity contribution < 1.29 is 13.2 Å². The number of carbonyl (C=O) groups is 1. The average Bonchev–Trinajstić information content (AvgIpc) is 2.48. The molecule has 0 N–H and O–H groups in total. The Labute approximate surface area is 130 Å². The van der Waals surface area contributed by atoms with Crippen LogP contribution in [0.2, 0.25) is 0 Å².